The second-order valence-electron chi connectivity index (χ2n) is 3.79. The van der Waals surface area contributed by atoms with Crippen LogP contribution >= 0.6 is 27.5 Å². The summed E-state index contributed by atoms with van der Waals surface area (Å²) in [6, 6.07) is 8.46. The lowest BCUT2D eigenvalue weighted by Crippen LogP contribution is -2.23. The summed E-state index contributed by atoms with van der Waals surface area (Å²) in [6.45, 7) is 0.200. The fourth-order valence-electron chi connectivity index (χ4n) is 1.40. The summed E-state index contributed by atoms with van der Waals surface area (Å²) >= 11 is 8.95. The van der Waals surface area contributed by atoms with E-state index >= 15 is 0 Å². The van der Waals surface area contributed by atoms with Crippen LogP contribution in [0.4, 0.5) is 0 Å². The Morgan fingerprint density at radius 2 is 1.89 bits per heavy atom. The third kappa shape index (κ3) is 4.01. The normalized spacial score (nSPS) is 11.5. The van der Waals surface area contributed by atoms with Crippen molar-refractivity contribution >= 4 is 37.6 Å². The Balaban J connectivity index is 2.12. The number of benzene rings is 1. The zero-order chi connectivity index (χ0) is 13.9. The zero-order valence-corrected chi connectivity index (χ0v) is 12.8. The highest BCUT2D eigenvalue weighted by atomic mass is 79.9. The number of halogens is 2. The van der Waals surface area contributed by atoms with Crippen LogP contribution in [0.15, 0.2) is 52.1 Å². The van der Waals surface area contributed by atoms with E-state index in [-0.39, 0.29) is 11.4 Å². The smallest absolute Gasteiger partial charge is 0.242 e. The first-order valence-corrected chi connectivity index (χ1v) is 7.97. The lowest BCUT2D eigenvalue weighted by Gasteiger charge is -2.07. The highest BCUT2D eigenvalue weighted by Crippen LogP contribution is 2.15. The number of pyridine rings is 1. The largest absolute Gasteiger partial charge is 0.262 e. The van der Waals surface area contributed by atoms with Gasteiger partial charge in [-0.3, -0.25) is 4.98 Å². The molecule has 0 radical (unpaired) electrons. The van der Waals surface area contributed by atoms with Crippen LogP contribution in [0, 0.1) is 0 Å². The van der Waals surface area contributed by atoms with Crippen LogP contribution in [-0.2, 0) is 16.6 Å². The maximum atomic E-state index is 12.0. The monoisotopic (exact) mass is 360 g/mol. The Labute approximate surface area is 125 Å². The van der Waals surface area contributed by atoms with Gasteiger partial charge in [-0.1, -0.05) is 23.7 Å². The van der Waals surface area contributed by atoms with Gasteiger partial charge < -0.3 is 0 Å². The van der Waals surface area contributed by atoms with Gasteiger partial charge in [0.05, 0.1) is 0 Å². The molecule has 1 N–H and O–H groups in total. The molecule has 2 aromatic rings. The van der Waals surface area contributed by atoms with Crippen LogP contribution < -0.4 is 4.72 Å². The van der Waals surface area contributed by atoms with Crippen molar-refractivity contribution in [2.75, 3.05) is 0 Å². The molecule has 4 nitrogen and oxygen atoms in total. The summed E-state index contributed by atoms with van der Waals surface area (Å²) in [5.74, 6) is 0. The fraction of sp³-hybridized carbons (Fsp3) is 0.0833. The molecule has 0 spiro atoms. The molecule has 1 aromatic heterocycles. The van der Waals surface area contributed by atoms with Crippen LogP contribution in [0.5, 0.6) is 0 Å². The molecule has 0 saturated carbocycles. The Bertz CT molecular complexity index is 674. The summed E-state index contributed by atoms with van der Waals surface area (Å²) < 4.78 is 27.2. The second-order valence-corrected chi connectivity index (χ2v) is 6.91. The summed E-state index contributed by atoms with van der Waals surface area (Å²) in [4.78, 5) is 3.95. The van der Waals surface area contributed by atoms with Gasteiger partial charge in [0, 0.05) is 28.4 Å². The van der Waals surface area contributed by atoms with Crippen LogP contribution in [0.3, 0.4) is 0 Å². The van der Waals surface area contributed by atoms with Crippen LogP contribution in [0.25, 0.3) is 0 Å². The predicted molar refractivity (Wildman–Crippen MR) is 77.4 cm³/mol. The Morgan fingerprint density at radius 3 is 2.53 bits per heavy atom. The quantitative estimate of drug-likeness (QED) is 0.911. The molecule has 0 unspecified atom stereocenters. The van der Waals surface area contributed by atoms with E-state index in [1.165, 1.54) is 18.5 Å². The molecule has 1 aromatic carbocycles. The molecular weight excluding hydrogens is 352 g/mol. The first kappa shape index (κ1) is 14.5. The highest BCUT2D eigenvalue weighted by Gasteiger charge is 2.14. The average Bonchev–Trinajstić information content (AvgIpc) is 2.38. The van der Waals surface area contributed by atoms with Crippen molar-refractivity contribution in [3.8, 4) is 0 Å². The number of rotatable bonds is 4. The maximum Gasteiger partial charge on any atom is 0.242 e. The number of hydrogen-bond donors (Lipinski definition) is 1. The van der Waals surface area contributed by atoms with Crippen molar-refractivity contribution in [3.63, 3.8) is 0 Å². The summed E-state index contributed by atoms with van der Waals surface area (Å²) in [5.41, 5.74) is 0.830. The fourth-order valence-corrected chi connectivity index (χ4v) is 3.05. The van der Waals surface area contributed by atoms with E-state index in [0.717, 1.165) is 5.56 Å². The van der Waals surface area contributed by atoms with E-state index in [0.29, 0.717) is 9.50 Å². The van der Waals surface area contributed by atoms with Crippen molar-refractivity contribution in [1.29, 1.82) is 0 Å². The van der Waals surface area contributed by atoms with Gasteiger partial charge in [0.25, 0.3) is 0 Å². The first-order valence-electron chi connectivity index (χ1n) is 5.32. The zero-order valence-electron chi connectivity index (χ0n) is 9.68. The Kier molecular flexibility index (Phi) is 4.57. The molecule has 0 bridgehead atoms. The summed E-state index contributed by atoms with van der Waals surface area (Å²) in [6.07, 6.45) is 2.83. The molecule has 0 aliphatic carbocycles. The molecule has 19 heavy (non-hydrogen) atoms. The minimum absolute atomic E-state index is 0.121. The molecule has 100 valence electrons. The molecule has 0 aliphatic heterocycles. The molecular formula is C12H10BrClN2O2S. The highest BCUT2D eigenvalue weighted by molar-refractivity contribution is 9.10. The van der Waals surface area contributed by atoms with Gasteiger partial charge in [-0.05, 0) is 39.7 Å². The van der Waals surface area contributed by atoms with Gasteiger partial charge in [0.1, 0.15) is 4.90 Å². The van der Waals surface area contributed by atoms with E-state index in [4.69, 9.17) is 11.6 Å². The lowest BCUT2D eigenvalue weighted by atomic mass is 10.2. The molecule has 0 amide bonds. The van der Waals surface area contributed by atoms with Crippen molar-refractivity contribution < 1.29 is 8.42 Å². The topological polar surface area (TPSA) is 59.1 Å². The lowest BCUT2D eigenvalue weighted by molar-refractivity contribution is 0.581. The van der Waals surface area contributed by atoms with E-state index in [9.17, 15) is 8.42 Å². The van der Waals surface area contributed by atoms with Gasteiger partial charge in [-0.15, -0.1) is 0 Å². The number of aromatic nitrogens is 1. The SMILES string of the molecule is O=S(=O)(NCc1ccc(Cl)cc1)c1cncc(Br)c1. The molecule has 0 aliphatic rings. The third-order valence-corrected chi connectivity index (χ3v) is 4.42. The van der Waals surface area contributed by atoms with Crippen LogP contribution in [-0.4, -0.2) is 13.4 Å². The van der Waals surface area contributed by atoms with Gasteiger partial charge >= 0.3 is 0 Å². The van der Waals surface area contributed by atoms with Crippen LogP contribution in [0.2, 0.25) is 5.02 Å². The molecule has 2 rings (SSSR count). The molecule has 0 atom stereocenters. The number of sulfonamides is 1. The van der Waals surface area contributed by atoms with Crippen molar-refractivity contribution in [1.82, 2.24) is 9.71 Å². The summed E-state index contributed by atoms with van der Waals surface area (Å²) in [7, 11) is -3.57. The number of nitrogens with zero attached hydrogens (tertiary/aromatic N) is 1. The van der Waals surface area contributed by atoms with Crippen molar-refractivity contribution in [2.45, 2.75) is 11.4 Å². The molecule has 1 heterocycles. The number of nitrogens with one attached hydrogen (secondary N) is 1. The summed E-state index contributed by atoms with van der Waals surface area (Å²) in [5, 5.41) is 0.614. The van der Waals surface area contributed by atoms with Gasteiger partial charge in [0.15, 0.2) is 0 Å². The standard InChI is InChI=1S/C12H10BrClN2O2S/c13-10-5-12(8-15-7-10)19(17,18)16-6-9-1-3-11(14)4-2-9/h1-5,7-8,16H,6H2. The minimum Gasteiger partial charge on any atom is -0.262 e. The van der Waals surface area contributed by atoms with Crippen molar-refractivity contribution in [2.24, 2.45) is 0 Å². The van der Waals surface area contributed by atoms with Gasteiger partial charge in [-0.2, -0.15) is 0 Å². The Morgan fingerprint density at radius 1 is 1.21 bits per heavy atom. The van der Waals surface area contributed by atoms with Gasteiger partial charge in [0.2, 0.25) is 10.0 Å². The predicted octanol–water partition coefficient (Wildman–Crippen LogP) is 2.98. The minimum atomic E-state index is -3.57. The number of hydrogen-bond acceptors (Lipinski definition) is 3. The van der Waals surface area contributed by atoms with E-state index in [1.807, 2.05) is 0 Å². The van der Waals surface area contributed by atoms with Crippen molar-refractivity contribution in [3.05, 3.63) is 57.8 Å². The molecule has 0 saturated heterocycles. The average molecular weight is 362 g/mol. The van der Waals surface area contributed by atoms with E-state index < -0.39 is 10.0 Å². The Hall–Kier alpha value is -0.950. The van der Waals surface area contributed by atoms with E-state index in [2.05, 4.69) is 25.6 Å². The van der Waals surface area contributed by atoms with Gasteiger partial charge in [-0.25, -0.2) is 13.1 Å². The van der Waals surface area contributed by atoms with E-state index in [1.54, 1.807) is 24.3 Å². The molecule has 7 heteroatoms. The second kappa shape index (κ2) is 6.00. The third-order valence-electron chi connectivity index (χ3n) is 2.37. The first-order chi connectivity index (χ1) is 8.97. The molecule has 0 fully saturated rings. The van der Waals surface area contributed by atoms with Crippen LogP contribution in [0.1, 0.15) is 5.56 Å². The maximum absolute atomic E-state index is 12.0.